The van der Waals surface area contributed by atoms with E-state index >= 15 is 0 Å². The number of hydrogen-bond donors (Lipinski definition) is 1. The van der Waals surface area contributed by atoms with Crippen molar-refractivity contribution in [1.82, 2.24) is 0 Å². The minimum Gasteiger partial charge on any atom is -0.481 e. The molecule has 1 aromatic rings. The number of nitrogens with zero attached hydrogens (tertiary/aromatic N) is 1. The van der Waals surface area contributed by atoms with Crippen LogP contribution in [0, 0.1) is 5.92 Å². The van der Waals surface area contributed by atoms with E-state index in [1.165, 1.54) is 7.11 Å². The summed E-state index contributed by atoms with van der Waals surface area (Å²) in [7, 11) is 1.23. The first-order chi connectivity index (χ1) is 11.6. The number of methoxy groups -OCH3 is 1. The Morgan fingerprint density at radius 3 is 2.40 bits per heavy atom. The predicted octanol–water partition coefficient (Wildman–Crippen LogP) is 4.22. The summed E-state index contributed by atoms with van der Waals surface area (Å²) >= 11 is 17.8. The van der Waals surface area contributed by atoms with Crippen LogP contribution in [0.3, 0.4) is 0 Å². The standard InChI is InChI=1S/C17H16Cl3NO4/c1-8-12(15(22)23)14(13(9(2)21-8)16(24)25-3)10-5-4-6-11(7-10)17(18,19)20/h4-7,12,14H,1-3H3,(H,22,23). The van der Waals surface area contributed by atoms with E-state index in [0.717, 1.165) is 0 Å². The average Bonchev–Trinajstić information content (AvgIpc) is 2.52. The Hall–Kier alpha value is -1.56. The molecule has 2 unspecified atom stereocenters. The normalized spacial score (nSPS) is 21.0. The molecule has 0 amide bonds. The minimum atomic E-state index is -1.67. The van der Waals surface area contributed by atoms with Gasteiger partial charge in [0, 0.05) is 22.9 Å². The summed E-state index contributed by atoms with van der Waals surface area (Å²) in [5.41, 5.74) is 1.89. The Morgan fingerprint density at radius 1 is 1.24 bits per heavy atom. The molecule has 0 radical (unpaired) electrons. The van der Waals surface area contributed by atoms with E-state index in [-0.39, 0.29) is 5.57 Å². The van der Waals surface area contributed by atoms with Crippen LogP contribution in [-0.2, 0) is 18.1 Å². The number of carbonyl (C=O) groups is 2. The summed E-state index contributed by atoms with van der Waals surface area (Å²) < 4.78 is 3.17. The molecule has 0 bridgehead atoms. The number of aliphatic carboxylic acids is 1. The van der Waals surface area contributed by atoms with Gasteiger partial charge in [-0.3, -0.25) is 9.79 Å². The van der Waals surface area contributed by atoms with Crippen LogP contribution in [-0.4, -0.2) is 29.9 Å². The van der Waals surface area contributed by atoms with Crippen LogP contribution < -0.4 is 0 Å². The van der Waals surface area contributed by atoms with Gasteiger partial charge < -0.3 is 9.84 Å². The van der Waals surface area contributed by atoms with Crippen molar-refractivity contribution in [2.45, 2.75) is 23.6 Å². The van der Waals surface area contributed by atoms with Crippen molar-refractivity contribution in [3.05, 3.63) is 46.7 Å². The van der Waals surface area contributed by atoms with E-state index in [1.807, 2.05) is 0 Å². The Balaban J connectivity index is 2.70. The van der Waals surface area contributed by atoms with Gasteiger partial charge in [-0.05, 0) is 19.4 Å². The molecule has 1 heterocycles. The molecule has 1 aromatic carbocycles. The van der Waals surface area contributed by atoms with Crippen LogP contribution in [0.5, 0.6) is 0 Å². The molecule has 1 N–H and O–H groups in total. The fourth-order valence-corrected chi connectivity index (χ4v) is 3.35. The highest BCUT2D eigenvalue weighted by atomic mass is 35.6. The van der Waals surface area contributed by atoms with E-state index in [9.17, 15) is 14.7 Å². The molecule has 0 aliphatic carbocycles. The minimum absolute atomic E-state index is 0.182. The molecular weight excluding hydrogens is 389 g/mol. The maximum atomic E-state index is 12.3. The lowest BCUT2D eigenvalue weighted by Gasteiger charge is -2.30. The van der Waals surface area contributed by atoms with Crippen molar-refractivity contribution in [3.63, 3.8) is 0 Å². The molecule has 25 heavy (non-hydrogen) atoms. The summed E-state index contributed by atoms with van der Waals surface area (Å²) in [4.78, 5) is 28.4. The summed E-state index contributed by atoms with van der Waals surface area (Å²) in [6.45, 7) is 3.25. The second-order valence-electron chi connectivity index (χ2n) is 5.66. The van der Waals surface area contributed by atoms with Crippen molar-refractivity contribution < 1.29 is 19.4 Å². The third kappa shape index (κ3) is 4.00. The number of aliphatic imine (C=N–C) groups is 1. The zero-order valence-electron chi connectivity index (χ0n) is 13.7. The molecule has 0 aromatic heterocycles. The SMILES string of the molecule is COC(=O)C1=C(C)N=C(C)C(C(=O)O)C1c1cccc(C(Cl)(Cl)Cl)c1. The second-order valence-corrected chi connectivity index (χ2v) is 7.94. The maximum absolute atomic E-state index is 12.3. The number of carboxylic acids is 1. The van der Waals surface area contributed by atoms with Crippen LogP contribution in [0.25, 0.3) is 0 Å². The van der Waals surface area contributed by atoms with Gasteiger partial charge in [0.15, 0.2) is 0 Å². The van der Waals surface area contributed by atoms with Gasteiger partial charge in [-0.2, -0.15) is 0 Å². The average molecular weight is 405 g/mol. The largest absolute Gasteiger partial charge is 0.481 e. The van der Waals surface area contributed by atoms with Crippen LogP contribution in [0.1, 0.15) is 30.9 Å². The number of carbonyl (C=O) groups excluding carboxylic acids is 1. The van der Waals surface area contributed by atoms with Gasteiger partial charge in [0.1, 0.15) is 5.92 Å². The Morgan fingerprint density at radius 2 is 1.88 bits per heavy atom. The molecule has 0 saturated carbocycles. The van der Waals surface area contributed by atoms with Crippen molar-refractivity contribution in [1.29, 1.82) is 0 Å². The number of carboxylic acid groups (broad SMARTS) is 1. The van der Waals surface area contributed by atoms with Gasteiger partial charge in [0.05, 0.1) is 12.7 Å². The van der Waals surface area contributed by atoms with Crippen LogP contribution in [0.15, 0.2) is 40.5 Å². The molecule has 0 fully saturated rings. The smallest absolute Gasteiger partial charge is 0.336 e. The Bertz CT molecular complexity index is 780. The first-order valence-corrected chi connectivity index (χ1v) is 8.45. The third-order valence-electron chi connectivity index (χ3n) is 4.07. The fraction of sp³-hybridized carbons (Fsp3) is 0.353. The Labute approximate surface area is 160 Å². The number of ether oxygens (including phenoxy) is 1. The number of halogens is 3. The lowest BCUT2D eigenvalue weighted by molar-refractivity contribution is -0.140. The molecule has 0 spiro atoms. The van der Waals surface area contributed by atoms with E-state index < -0.39 is 27.6 Å². The number of allylic oxidation sites excluding steroid dienone is 1. The van der Waals surface area contributed by atoms with Crippen LogP contribution >= 0.6 is 34.8 Å². The van der Waals surface area contributed by atoms with Crippen molar-refractivity contribution in [3.8, 4) is 0 Å². The highest BCUT2D eigenvalue weighted by molar-refractivity contribution is 6.66. The number of esters is 1. The maximum Gasteiger partial charge on any atom is 0.336 e. The highest BCUT2D eigenvalue weighted by Crippen LogP contribution is 2.43. The quantitative estimate of drug-likeness (QED) is 0.604. The number of rotatable bonds is 3. The zero-order chi connectivity index (χ0) is 18.9. The van der Waals surface area contributed by atoms with Crippen molar-refractivity contribution in [2.75, 3.05) is 7.11 Å². The van der Waals surface area contributed by atoms with Crippen LogP contribution in [0.2, 0.25) is 0 Å². The molecule has 1 aliphatic heterocycles. The lowest BCUT2D eigenvalue weighted by atomic mass is 9.75. The van der Waals surface area contributed by atoms with Gasteiger partial charge in [-0.25, -0.2) is 4.79 Å². The van der Waals surface area contributed by atoms with Gasteiger partial charge in [0.25, 0.3) is 0 Å². The van der Waals surface area contributed by atoms with Crippen LogP contribution in [0.4, 0.5) is 0 Å². The number of hydrogen-bond acceptors (Lipinski definition) is 4. The summed E-state index contributed by atoms with van der Waals surface area (Å²) in [5.74, 6) is -3.55. The summed E-state index contributed by atoms with van der Waals surface area (Å²) in [5, 5.41) is 9.69. The van der Waals surface area contributed by atoms with E-state index in [4.69, 9.17) is 39.5 Å². The molecule has 1 aliphatic rings. The monoisotopic (exact) mass is 403 g/mol. The topological polar surface area (TPSA) is 76.0 Å². The molecule has 0 saturated heterocycles. The highest BCUT2D eigenvalue weighted by Gasteiger charge is 2.41. The van der Waals surface area contributed by atoms with E-state index in [2.05, 4.69) is 4.99 Å². The molecule has 2 atom stereocenters. The van der Waals surface area contributed by atoms with Gasteiger partial charge in [-0.1, -0.05) is 59.1 Å². The van der Waals surface area contributed by atoms with Crippen molar-refractivity contribution in [2.24, 2.45) is 10.9 Å². The van der Waals surface area contributed by atoms with Gasteiger partial charge in [-0.15, -0.1) is 0 Å². The van der Waals surface area contributed by atoms with E-state index in [1.54, 1.807) is 38.1 Å². The lowest BCUT2D eigenvalue weighted by Crippen LogP contribution is -2.35. The Kier molecular flexibility index (Phi) is 5.82. The fourth-order valence-electron chi connectivity index (χ4n) is 3.00. The van der Waals surface area contributed by atoms with Gasteiger partial charge >= 0.3 is 11.9 Å². The third-order valence-corrected chi connectivity index (χ3v) is 4.73. The molecule has 5 nitrogen and oxygen atoms in total. The number of benzene rings is 1. The second kappa shape index (κ2) is 7.36. The van der Waals surface area contributed by atoms with Gasteiger partial charge in [0.2, 0.25) is 3.79 Å². The first kappa shape index (κ1) is 19.8. The number of alkyl halides is 3. The zero-order valence-corrected chi connectivity index (χ0v) is 16.0. The molecular formula is C17H16Cl3NO4. The van der Waals surface area contributed by atoms with E-state index in [0.29, 0.717) is 22.5 Å². The predicted molar refractivity (Wildman–Crippen MR) is 97.4 cm³/mol. The summed E-state index contributed by atoms with van der Waals surface area (Å²) in [6.07, 6.45) is 0. The molecule has 2 rings (SSSR count). The molecule has 8 heteroatoms. The molecule has 134 valence electrons. The first-order valence-electron chi connectivity index (χ1n) is 7.32. The van der Waals surface area contributed by atoms with Crippen molar-refractivity contribution >= 4 is 52.5 Å². The summed E-state index contributed by atoms with van der Waals surface area (Å²) in [6, 6.07) is 6.54.